The van der Waals surface area contributed by atoms with Gasteiger partial charge in [0.25, 0.3) is 0 Å². The first-order valence-corrected chi connectivity index (χ1v) is 8.41. The molecular formula is C18H25N5O. The number of methoxy groups -OCH3 is 1. The highest BCUT2D eigenvalue weighted by atomic mass is 16.5. The van der Waals surface area contributed by atoms with Crippen molar-refractivity contribution in [1.29, 1.82) is 0 Å². The van der Waals surface area contributed by atoms with E-state index in [1.807, 2.05) is 18.2 Å². The first kappa shape index (κ1) is 16.5. The van der Waals surface area contributed by atoms with Crippen molar-refractivity contribution in [1.82, 2.24) is 9.97 Å². The van der Waals surface area contributed by atoms with Crippen molar-refractivity contribution < 1.29 is 4.74 Å². The standard InChI is InChI=1S/C18H25N5O/c1-24-15-6-4-12(5-7-15)3-2-8-21-17-11-16(22-18(20)23-17)13-9-14(19)10-13/h4-7,11,13-14H,2-3,8-10,19H2,1H3,(H3,20,21,22,23). The predicted molar refractivity (Wildman–Crippen MR) is 96.2 cm³/mol. The van der Waals surface area contributed by atoms with Crippen molar-refractivity contribution >= 4 is 11.8 Å². The summed E-state index contributed by atoms with van der Waals surface area (Å²) in [6.07, 6.45) is 3.97. The van der Waals surface area contributed by atoms with E-state index in [0.717, 1.165) is 49.5 Å². The maximum Gasteiger partial charge on any atom is 0.222 e. The van der Waals surface area contributed by atoms with Gasteiger partial charge in [0.2, 0.25) is 5.95 Å². The zero-order chi connectivity index (χ0) is 16.9. The zero-order valence-electron chi connectivity index (χ0n) is 14.0. The molecule has 1 saturated carbocycles. The third kappa shape index (κ3) is 4.14. The average Bonchev–Trinajstić information content (AvgIpc) is 2.56. The molecule has 0 saturated heterocycles. The summed E-state index contributed by atoms with van der Waals surface area (Å²) in [7, 11) is 1.68. The minimum Gasteiger partial charge on any atom is -0.497 e. The van der Waals surface area contributed by atoms with Crippen molar-refractivity contribution in [2.45, 2.75) is 37.6 Å². The number of aromatic nitrogens is 2. The van der Waals surface area contributed by atoms with Crippen molar-refractivity contribution in [3.05, 3.63) is 41.6 Å². The largest absolute Gasteiger partial charge is 0.497 e. The number of nitrogens with two attached hydrogens (primary N) is 2. The lowest BCUT2D eigenvalue weighted by Gasteiger charge is -2.32. The molecule has 6 heteroatoms. The maximum absolute atomic E-state index is 5.86. The summed E-state index contributed by atoms with van der Waals surface area (Å²) >= 11 is 0. The lowest BCUT2D eigenvalue weighted by molar-refractivity contribution is 0.345. The monoisotopic (exact) mass is 327 g/mol. The quantitative estimate of drug-likeness (QED) is 0.675. The van der Waals surface area contributed by atoms with Gasteiger partial charge in [-0.2, -0.15) is 4.98 Å². The number of nitrogens with zero attached hydrogens (tertiary/aromatic N) is 2. The first-order chi connectivity index (χ1) is 11.6. The Kier molecular flexibility index (Phi) is 5.15. The summed E-state index contributed by atoms with van der Waals surface area (Å²) in [5, 5.41) is 3.35. The number of nitrogens with one attached hydrogen (secondary N) is 1. The molecule has 0 atom stereocenters. The molecule has 1 fully saturated rings. The van der Waals surface area contributed by atoms with Crippen LogP contribution in [0.1, 0.15) is 36.4 Å². The Labute approximate surface area is 142 Å². The molecule has 0 radical (unpaired) electrons. The van der Waals surface area contributed by atoms with Crippen LogP contribution in [0, 0.1) is 0 Å². The number of benzene rings is 1. The van der Waals surface area contributed by atoms with Crippen LogP contribution >= 0.6 is 0 Å². The summed E-state index contributed by atoms with van der Waals surface area (Å²) in [6, 6.07) is 10.5. The van der Waals surface area contributed by atoms with Crippen molar-refractivity contribution in [3.63, 3.8) is 0 Å². The summed E-state index contributed by atoms with van der Waals surface area (Å²) < 4.78 is 5.17. The SMILES string of the molecule is COc1ccc(CCCNc2cc(C3CC(N)C3)nc(N)n2)cc1. The number of rotatable bonds is 7. The van der Waals surface area contributed by atoms with E-state index in [1.54, 1.807) is 7.11 Å². The van der Waals surface area contributed by atoms with Crippen LogP contribution in [-0.4, -0.2) is 29.7 Å². The molecule has 0 unspecified atom stereocenters. The van der Waals surface area contributed by atoms with Crippen LogP contribution in [0.15, 0.2) is 30.3 Å². The third-order valence-corrected chi connectivity index (χ3v) is 4.46. The minimum atomic E-state index is 0.298. The minimum absolute atomic E-state index is 0.298. The van der Waals surface area contributed by atoms with Crippen LogP contribution in [0.5, 0.6) is 5.75 Å². The van der Waals surface area contributed by atoms with Crippen molar-refractivity contribution in [3.8, 4) is 5.75 Å². The fourth-order valence-corrected chi connectivity index (χ4v) is 2.99. The number of ether oxygens (including phenoxy) is 1. The third-order valence-electron chi connectivity index (χ3n) is 4.46. The van der Waals surface area contributed by atoms with Gasteiger partial charge in [0.05, 0.1) is 12.8 Å². The van der Waals surface area contributed by atoms with E-state index in [1.165, 1.54) is 5.56 Å². The van der Waals surface area contributed by atoms with E-state index in [-0.39, 0.29) is 0 Å². The van der Waals surface area contributed by atoms with Gasteiger partial charge in [-0.05, 0) is 43.4 Å². The van der Waals surface area contributed by atoms with Gasteiger partial charge in [-0.1, -0.05) is 12.1 Å². The fourth-order valence-electron chi connectivity index (χ4n) is 2.99. The number of hydrogen-bond acceptors (Lipinski definition) is 6. The molecule has 1 aromatic heterocycles. The van der Waals surface area contributed by atoms with Crippen LogP contribution in [0.3, 0.4) is 0 Å². The van der Waals surface area contributed by atoms with Gasteiger partial charge in [0.15, 0.2) is 0 Å². The van der Waals surface area contributed by atoms with Crippen molar-refractivity contribution in [2.75, 3.05) is 24.7 Å². The highest BCUT2D eigenvalue weighted by Gasteiger charge is 2.29. The van der Waals surface area contributed by atoms with Gasteiger partial charge in [0.1, 0.15) is 11.6 Å². The molecule has 3 rings (SSSR count). The molecule has 1 aliphatic carbocycles. The summed E-state index contributed by atoms with van der Waals surface area (Å²) in [4.78, 5) is 8.61. The molecule has 0 amide bonds. The topological polar surface area (TPSA) is 99.1 Å². The summed E-state index contributed by atoms with van der Waals surface area (Å²) in [5.74, 6) is 2.43. The van der Waals surface area contributed by atoms with Gasteiger partial charge in [0, 0.05) is 24.6 Å². The average molecular weight is 327 g/mol. The predicted octanol–water partition coefficient (Wildman–Crippen LogP) is 2.32. The Morgan fingerprint density at radius 3 is 2.62 bits per heavy atom. The van der Waals surface area contributed by atoms with Crippen LogP contribution < -0.4 is 21.5 Å². The molecule has 5 N–H and O–H groups in total. The fraction of sp³-hybridized carbons (Fsp3) is 0.444. The molecule has 1 aliphatic rings. The van der Waals surface area contributed by atoms with E-state index in [4.69, 9.17) is 16.2 Å². The van der Waals surface area contributed by atoms with Crippen LogP contribution in [0.4, 0.5) is 11.8 Å². The smallest absolute Gasteiger partial charge is 0.222 e. The molecule has 128 valence electrons. The number of anilines is 2. The molecule has 6 nitrogen and oxygen atoms in total. The molecule has 1 aromatic carbocycles. The zero-order valence-corrected chi connectivity index (χ0v) is 14.0. The number of aryl methyl sites for hydroxylation is 1. The van der Waals surface area contributed by atoms with Crippen molar-refractivity contribution in [2.24, 2.45) is 5.73 Å². The van der Waals surface area contributed by atoms with E-state index < -0.39 is 0 Å². The van der Waals surface area contributed by atoms with Gasteiger partial charge < -0.3 is 21.5 Å². The number of nitrogen functional groups attached to an aromatic ring is 1. The van der Waals surface area contributed by atoms with E-state index in [9.17, 15) is 0 Å². The highest BCUT2D eigenvalue weighted by molar-refractivity contribution is 5.42. The molecule has 1 heterocycles. The molecule has 0 bridgehead atoms. The molecule has 2 aromatic rings. The number of hydrogen-bond donors (Lipinski definition) is 3. The Morgan fingerprint density at radius 1 is 1.21 bits per heavy atom. The van der Waals surface area contributed by atoms with Gasteiger partial charge >= 0.3 is 0 Å². The van der Waals surface area contributed by atoms with Gasteiger partial charge in [-0.3, -0.25) is 0 Å². The lowest BCUT2D eigenvalue weighted by atomic mass is 9.78. The van der Waals surface area contributed by atoms with Crippen LogP contribution in [0.2, 0.25) is 0 Å². The van der Waals surface area contributed by atoms with E-state index in [0.29, 0.717) is 17.9 Å². The normalized spacial score (nSPS) is 19.6. The van der Waals surface area contributed by atoms with Gasteiger partial charge in [-0.25, -0.2) is 4.98 Å². The van der Waals surface area contributed by atoms with E-state index >= 15 is 0 Å². The van der Waals surface area contributed by atoms with Crippen LogP contribution in [0.25, 0.3) is 0 Å². The Bertz CT molecular complexity index is 668. The second-order valence-electron chi connectivity index (χ2n) is 6.34. The second-order valence-corrected chi connectivity index (χ2v) is 6.34. The Morgan fingerprint density at radius 2 is 1.96 bits per heavy atom. The lowest BCUT2D eigenvalue weighted by Crippen LogP contribution is -2.35. The Balaban J connectivity index is 1.49. The summed E-state index contributed by atoms with van der Waals surface area (Å²) in [6.45, 7) is 0.839. The summed E-state index contributed by atoms with van der Waals surface area (Å²) in [5.41, 5.74) is 14.0. The Hall–Kier alpha value is -2.34. The first-order valence-electron chi connectivity index (χ1n) is 8.41. The highest BCUT2D eigenvalue weighted by Crippen LogP contribution is 2.35. The molecular weight excluding hydrogens is 302 g/mol. The maximum atomic E-state index is 5.86. The van der Waals surface area contributed by atoms with Crippen LogP contribution in [-0.2, 0) is 6.42 Å². The van der Waals surface area contributed by atoms with E-state index in [2.05, 4.69) is 27.4 Å². The molecule has 0 aliphatic heterocycles. The van der Waals surface area contributed by atoms with Gasteiger partial charge in [-0.15, -0.1) is 0 Å². The molecule has 0 spiro atoms. The molecule has 24 heavy (non-hydrogen) atoms. The second kappa shape index (κ2) is 7.49.